The molecule has 53 heavy (non-hydrogen) atoms. The van der Waals surface area contributed by atoms with Gasteiger partial charge in [0.15, 0.2) is 11.5 Å². The lowest BCUT2D eigenvalue weighted by Crippen LogP contribution is -2.33. The van der Waals surface area contributed by atoms with Crippen LogP contribution in [0.3, 0.4) is 0 Å². The molecule has 0 bridgehead atoms. The van der Waals surface area contributed by atoms with Crippen LogP contribution in [0.2, 0.25) is 0 Å². The number of ether oxygens (including phenoxy) is 1. The molecule has 2 aliphatic rings. The summed E-state index contributed by atoms with van der Waals surface area (Å²) in [7, 11) is 0. The molecule has 2 aliphatic heterocycles. The van der Waals surface area contributed by atoms with Gasteiger partial charge in [0.2, 0.25) is 0 Å². The number of anilines is 6. The molecule has 0 unspecified atom stereocenters. The summed E-state index contributed by atoms with van der Waals surface area (Å²) in [5, 5.41) is 2.50. The van der Waals surface area contributed by atoms with Gasteiger partial charge in [-0.05, 0) is 99.1 Å². The van der Waals surface area contributed by atoms with E-state index in [0.717, 1.165) is 39.9 Å². The highest BCUT2D eigenvalue weighted by Gasteiger charge is 2.42. The molecule has 0 aliphatic carbocycles. The van der Waals surface area contributed by atoms with Gasteiger partial charge in [0.1, 0.15) is 0 Å². The topological polar surface area (TPSA) is 15.7 Å². The number of nitrogens with zero attached hydrogens (tertiary/aromatic N) is 2. The summed E-state index contributed by atoms with van der Waals surface area (Å²) in [5.74, 6) is 1.73. The average molecular weight is 683 g/mol. The molecule has 3 heteroatoms. The Hall–Kier alpha value is -6.58. The van der Waals surface area contributed by atoms with Crippen LogP contribution in [0.4, 0.5) is 34.1 Å². The summed E-state index contributed by atoms with van der Waals surface area (Å²) in [6.45, 7) is 6.86. The number of rotatable bonds is 5. The molecule has 2 heterocycles. The molecule has 0 saturated heterocycles. The first-order chi connectivity index (χ1) is 26.0. The molecule has 254 valence electrons. The monoisotopic (exact) mass is 682 g/mol. The largest absolute Gasteiger partial charge is 0.453 e. The van der Waals surface area contributed by atoms with E-state index in [-0.39, 0.29) is 5.41 Å². The predicted octanol–water partition coefficient (Wildman–Crippen LogP) is 14.2. The first kappa shape index (κ1) is 31.2. The van der Waals surface area contributed by atoms with Gasteiger partial charge in [0.25, 0.3) is 0 Å². The van der Waals surface area contributed by atoms with E-state index in [2.05, 4.69) is 206 Å². The standard InChI is InChI=1S/C50H38N2O/c1-33-13-11-22-46-48(33)52-45-21-10-9-20-43(45)50(2,3)44-31-40(32-47(53-46)49(44)52)51(38-27-23-35(24-28-38)34-14-5-4-6-15-34)39-29-25-37(26-30-39)42-19-12-17-36-16-7-8-18-41(36)42/h4-32H,1-3H3. The summed E-state index contributed by atoms with van der Waals surface area (Å²) in [6.07, 6.45) is 0. The van der Waals surface area contributed by atoms with Crippen LogP contribution in [-0.2, 0) is 5.41 Å². The molecule has 0 atom stereocenters. The highest BCUT2D eigenvalue weighted by molar-refractivity contribution is 5.98. The third-order valence-electron chi connectivity index (χ3n) is 11.1. The Labute approximate surface area is 311 Å². The van der Waals surface area contributed by atoms with Crippen molar-refractivity contribution in [3.05, 3.63) is 193 Å². The maximum Gasteiger partial charge on any atom is 0.153 e. The molecule has 0 fully saturated rings. The van der Waals surface area contributed by atoms with Crippen LogP contribution in [0.15, 0.2) is 176 Å². The third-order valence-corrected chi connectivity index (χ3v) is 11.1. The zero-order valence-electron chi connectivity index (χ0n) is 30.0. The van der Waals surface area contributed by atoms with E-state index in [1.165, 1.54) is 55.4 Å². The van der Waals surface area contributed by atoms with Crippen LogP contribution in [0.5, 0.6) is 11.5 Å². The fraction of sp³-hybridized carbons (Fsp3) is 0.0800. The smallest absolute Gasteiger partial charge is 0.153 e. The molecule has 8 aromatic carbocycles. The quantitative estimate of drug-likeness (QED) is 0.180. The first-order valence-corrected chi connectivity index (χ1v) is 18.4. The zero-order valence-corrected chi connectivity index (χ0v) is 30.0. The van der Waals surface area contributed by atoms with Crippen LogP contribution < -0.4 is 14.5 Å². The lowest BCUT2D eigenvalue weighted by Gasteiger charge is -2.46. The van der Waals surface area contributed by atoms with Gasteiger partial charge in [-0.3, -0.25) is 0 Å². The SMILES string of the molecule is Cc1cccc2c1N1c3ccccc3C(C)(C)c3cc(N(c4ccc(-c5ccccc5)cc4)c4ccc(-c5cccc6ccccc56)cc4)cc(c31)O2. The Balaban J connectivity index is 1.17. The van der Waals surface area contributed by atoms with Crippen molar-refractivity contribution in [1.29, 1.82) is 0 Å². The van der Waals surface area contributed by atoms with Crippen molar-refractivity contribution in [2.45, 2.75) is 26.2 Å². The number of benzene rings is 8. The number of aryl methyl sites for hydroxylation is 1. The van der Waals surface area contributed by atoms with Crippen LogP contribution in [0, 0.1) is 6.92 Å². The Morgan fingerprint density at radius 1 is 0.491 bits per heavy atom. The van der Waals surface area contributed by atoms with Crippen molar-refractivity contribution in [2.75, 3.05) is 9.80 Å². The third kappa shape index (κ3) is 4.96. The Morgan fingerprint density at radius 2 is 1.13 bits per heavy atom. The van der Waals surface area contributed by atoms with E-state index in [9.17, 15) is 0 Å². The van der Waals surface area contributed by atoms with Crippen LogP contribution in [0.1, 0.15) is 30.5 Å². The van der Waals surface area contributed by atoms with Crippen molar-refractivity contribution in [3.63, 3.8) is 0 Å². The van der Waals surface area contributed by atoms with Crippen molar-refractivity contribution < 1.29 is 4.74 Å². The maximum absolute atomic E-state index is 6.90. The van der Waals surface area contributed by atoms with Gasteiger partial charge in [-0.15, -0.1) is 0 Å². The average Bonchev–Trinajstić information content (AvgIpc) is 3.20. The zero-order chi connectivity index (χ0) is 35.7. The Bertz CT molecular complexity index is 2670. The van der Waals surface area contributed by atoms with E-state index in [1.54, 1.807) is 0 Å². The first-order valence-electron chi connectivity index (χ1n) is 18.4. The second-order valence-corrected chi connectivity index (χ2v) is 14.7. The number of para-hydroxylation sites is 2. The number of hydrogen-bond acceptors (Lipinski definition) is 3. The fourth-order valence-corrected chi connectivity index (χ4v) is 8.47. The predicted molar refractivity (Wildman–Crippen MR) is 221 cm³/mol. The van der Waals surface area contributed by atoms with Crippen molar-refractivity contribution in [3.8, 4) is 33.8 Å². The highest BCUT2D eigenvalue weighted by Crippen LogP contribution is 2.61. The number of hydrogen-bond donors (Lipinski definition) is 0. The van der Waals surface area contributed by atoms with Gasteiger partial charge in [-0.2, -0.15) is 0 Å². The molecule has 0 aromatic heterocycles. The van der Waals surface area contributed by atoms with Gasteiger partial charge >= 0.3 is 0 Å². The Morgan fingerprint density at radius 3 is 1.92 bits per heavy atom. The van der Waals surface area contributed by atoms with Gasteiger partial charge in [0.05, 0.1) is 22.7 Å². The summed E-state index contributed by atoms with van der Waals surface area (Å²) in [6, 6.07) is 63.4. The highest BCUT2D eigenvalue weighted by atomic mass is 16.5. The number of fused-ring (bicyclic) bond motifs is 5. The molecule has 0 amide bonds. The minimum atomic E-state index is -0.280. The van der Waals surface area contributed by atoms with Crippen molar-refractivity contribution in [2.24, 2.45) is 0 Å². The Kier molecular flexibility index (Phi) is 7.06. The molecule has 0 saturated carbocycles. The van der Waals surface area contributed by atoms with E-state index in [0.29, 0.717) is 0 Å². The van der Waals surface area contributed by atoms with E-state index >= 15 is 0 Å². The molecule has 0 N–H and O–H groups in total. The normalized spacial score (nSPS) is 13.5. The molecule has 3 nitrogen and oxygen atoms in total. The van der Waals surface area contributed by atoms with Gasteiger partial charge in [-0.1, -0.05) is 141 Å². The van der Waals surface area contributed by atoms with E-state index in [4.69, 9.17) is 4.74 Å². The van der Waals surface area contributed by atoms with Crippen LogP contribution in [0.25, 0.3) is 33.0 Å². The molecule has 8 aromatic rings. The maximum atomic E-state index is 6.90. The van der Waals surface area contributed by atoms with Gasteiger partial charge < -0.3 is 14.5 Å². The molecule has 0 radical (unpaired) electrons. The minimum Gasteiger partial charge on any atom is -0.453 e. The van der Waals surface area contributed by atoms with E-state index < -0.39 is 0 Å². The van der Waals surface area contributed by atoms with Crippen molar-refractivity contribution >= 4 is 44.9 Å². The van der Waals surface area contributed by atoms with Crippen molar-refractivity contribution in [1.82, 2.24) is 0 Å². The molecule has 10 rings (SSSR count). The summed E-state index contributed by atoms with van der Waals surface area (Å²) < 4.78 is 6.90. The second-order valence-electron chi connectivity index (χ2n) is 14.7. The second kappa shape index (κ2) is 12.0. The summed E-state index contributed by atoms with van der Waals surface area (Å²) in [4.78, 5) is 4.80. The lowest BCUT2D eigenvalue weighted by molar-refractivity contribution is 0.471. The van der Waals surface area contributed by atoms with Crippen LogP contribution >= 0.6 is 0 Å². The minimum absolute atomic E-state index is 0.280. The molecular formula is C50H38N2O. The fourth-order valence-electron chi connectivity index (χ4n) is 8.47. The van der Waals surface area contributed by atoms with E-state index in [1.807, 2.05) is 0 Å². The van der Waals surface area contributed by atoms with Gasteiger partial charge in [-0.25, -0.2) is 0 Å². The van der Waals surface area contributed by atoms with Gasteiger partial charge in [0, 0.05) is 22.9 Å². The lowest BCUT2D eigenvalue weighted by atomic mass is 9.73. The van der Waals surface area contributed by atoms with Crippen LogP contribution in [-0.4, -0.2) is 0 Å². The summed E-state index contributed by atoms with van der Waals surface area (Å²) >= 11 is 0. The molecule has 0 spiro atoms. The molecular weight excluding hydrogens is 645 g/mol. The summed E-state index contributed by atoms with van der Waals surface area (Å²) in [5.41, 5.74) is 14.9.